The van der Waals surface area contributed by atoms with E-state index in [1.165, 1.54) is 12.1 Å². The number of carbonyl (C=O) groups is 2. The number of nitrogens with two attached hydrogens (primary N) is 1. The van der Waals surface area contributed by atoms with Gasteiger partial charge in [0.2, 0.25) is 5.43 Å². The van der Waals surface area contributed by atoms with E-state index in [9.17, 15) is 27.2 Å². The van der Waals surface area contributed by atoms with Gasteiger partial charge in [-0.05, 0) is 39.2 Å². The number of hydrogen-bond acceptors (Lipinski definition) is 5. The van der Waals surface area contributed by atoms with Gasteiger partial charge in [0.1, 0.15) is 12.4 Å². The molecule has 8 nitrogen and oxygen atoms in total. The number of rotatable bonds is 6. The Balaban J connectivity index is 0.000000532. The quantitative estimate of drug-likeness (QED) is 0.379. The summed E-state index contributed by atoms with van der Waals surface area (Å²) in [6, 6.07) is 13.7. The minimum atomic E-state index is -5.08. The number of pyridine rings is 1. The van der Waals surface area contributed by atoms with Crippen molar-refractivity contribution in [2.75, 3.05) is 6.54 Å². The van der Waals surface area contributed by atoms with Gasteiger partial charge in [0.05, 0.1) is 15.2 Å². The van der Waals surface area contributed by atoms with Crippen molar-refractivity contribution in [3.63, 3.8) is 0 Å². The van der Waals surface area contributed by atoms with Crippen LogP contribution in [0.15, 0.2) is 57.8 Å². The maximum absolute atomic E-state index is 13.5. The number of alkyl halides is 3. The number of aliphatic carboxylic acids is 1. The first kappa shape index (κ1) is 30.1. The van der Waals surface area contributed by atoms with Crippen LogP contribution in [0.1, 0.15) is 27.3 Å². The van der Waals surface area contributed by atoms with Crippen molar-refractivity contribution in [1.82, 2.24) is 9.47 Å². The maximum Gasteiger partial charge on any atom is 0.490 e. The number of nitrogens with zero attached hydrogens (tertiary/aromatic N) is 2. The molecule has 4 rings (SSSR count). The average molecular weight is 635 g/mol. The molecule has 3 aromatic rings. The van der Waals surface area contributed by atoms with Gasteiger partial charge < -0.3 is 25.0 Å². The monoisotopic (exact) mass is 633 g/mol. The third-order valence-corrected chi connectivity index (χ3v) is 6.68. The molecule has 1 aliphatic heterocycles. The summed E-state index contributed by atoms with van der Waals surface area (Å²) in [7, 11) is 0. The SMILES string of the molecule is NCc1c(Br)c(=O)c(OCc2ccccc2)c2n1CCN(Cc1ccc(F)c(Cl)c1)C2=O.O=C(O)C(F)(F)F. The van der Waals surface area contributed by atoms with Crippen LogP contribution in [0.5, 0.6) is 5.75 Å². The number of carboxylic acids is 1. The lowest BCUT2D eigenvalue weighted by molar-refractivity contribution is -0.192. The van der Waals surface area contributed by atoms with E-state index in [0.29, 0.717) is 28.8 Å². The van der Waals surface area contributed by atoms with Gasteiger partial charge in [-0.3, -0.25) is 9.59 Å². The fourth-order valence-corrected chi connectivity index (χ4v) is 4.48. The first-order chi connectivity index (χ1) is 18.3. The van der Waals surface area contributed by atoms with Gasteiger partial charge >= 0.3 is 12.1 Å². The molecule has 1 aromatic heterocycles. The summed E-state index contributed by atoms with van der Waals surface area (Å²) < 4.78 is 53.2. The normalized spacial score (nSPS) is 12.9. The Kier molecular flexibility index (Phi) is 9.75. The van der Waals surface area contributed by atoms with E-state index in [1.807, 2.05) is 30.3 Å². The second-order valence-corrected chi connectivity index (χ2v) is 9.38. The largest absolute Gasteiger partial charge is 0.490 e. The fourth-order valence-electron chi connectivity index (χ4n) is 3.72. The standard InChI is InChI=1S/C23H20BrClFN3O3.C2HF3O2/c24-19-18(11-27)29-9-8-28(12-15-6-7-17(26)16(25)10-15)23(31)20(29)22(21(19)30)32-13-14-4-2-1-3-5-14;3-2(4,5)1(6)7/h1-7,10H,8-9,11-13,27H2;(H,6,7). The predicted octanol–water partition coefficient (Wildman–Crippen LogP) is 4.73. The van der Waals surface area contributed by atoms with E-state index in [1.54, 1.807) is 15.5 Å². The molecule has 3 N–H and O–H groups in total. The van der Waals surface area contributed by atoms with Crippen LogP contribution in [0.4, 0.5) is 17.6 Å². The van der Waals surface area contributed by atoms with Crippen LogP contribution in [-0.4, -0.2) is 39.2 Å². The molecule has 2 heterocycles. The second-order valence-electron chi connectivity index (χ2n) is 8.18. The number of benzene rings is 2. The highest BCUT2D eigenvalue weighted by atomic mass is 79.9. The third-order valence-electron chi connectivity index (χ3n) is 5.57. The summed E-state index contributed by atoms with van der Waals surface area (Å²) >= 11 is 9.22. The molecule has 0 saturated heterocycles. The van der Waals surface area contributed by atoms with Crippen LogP contribution in [0.2, 0.25) is 5.02 Å². The van der Waals surface area contributed by atoms with Crippen LogP contribution < -0.4 is 15.9 Å². The molecule has 0 fully saturated rings. The van der Waals surface area contributed by atoms with Crippen molar-refractivity contribution >= 4 is 39.4 Å². The van der Waals surface area contributed by atoms with Gasteiger partial charge in [-0.1, -0.05) is 48.0 Å². The predicted molar refractivity (Wildman–Crippen MR) is 137 cm³/mol. The summed E-state index contributed by atoms with van der Waals surface area (Å²) in [5.41, 5.74) is 7.71. The van der Waals surface area contributed by atoms with Crippen LogP contribution in [0, 0.1) is 5.82 Å². The number of hydrogen-bond donors (Lipinski definition) is 2. The fraction of sp³-hybridized carbons (Fsp3) is 0.240. The van der Waals surface area contributed by atoms with Gasteiger partial charge in [-0.25, -0.2) is 9.18 Å². The Morgan fingerprint density at radius 2 is 1.74 bits per heavy atom. The molecule has 39 heavy (non-hydrogen) atoms. The second kappa shape index (κ2) is 12.6. The summed E-state index contributed by atoms with van der Waals surface area (Å²) in [6.45, 7) is 1.27. The van der Waals surface area contributed by atoms with Gasteiger partial charge in [0.15, 0.2) is 11.4 Å². The van der Waals surface area contributed by atoms with Crippen molar-refractivity contribution in [3.8, 4) is 5.75 Å². The molecule has 0 spiro atoms. The Hall–Kier alpha value is -3.42. The molecular weight excluding hydrogens is 614 g/mol. The third kappa shape index (κ3) is 7.16. The summed E-state index contributed by atoms with van der Waals surface area (Å²) in [4.78, 5) is 37.0. The molecule has 0 unspecified atom stereocenters. The summed E-state index contributed by atoms with van der Waals surface area (Å²) in [5, 5.41) is 7.12. The highest BCUT2D eigenvalue weighted by molar-refractivity contribution is 9.10. The average Bonchev–Trinajstić information content (AvgIpc) is 2.89. The highest BCUT2D eigenvalue weighted by Crippen LogP contribution is 2.28. The van der Waals surface area contributed by atoms with Crippen LogP contribution >= 0.6 is 27.5 Å². The van der Waals surface area contributed by atoms with Crippen molar-refractivity contribution in [2.24, 2.45) is 5.73 Å². The molecule has 1 aliphatic rings. The molecule has 0 atom stereocenters. The molecule has 0 aliphatic carbocycles. The van der Waals surface area contributed by atoms with Crippen molar-refractivity contribution < 1.29 is 37.0 Å². The lowest BCUT2D eigenvalue weighted by atomic mass is 10.1. The van der Waals surface area contributed by atoms with E-state index >= 15 is 0 Å². The van der Waals surface area contributed by atoms with Crippen molar-refractivity contribution in [1.29, 1.82) is 0 Å². The van der Waals surface area contributed by atoms with Crippen molar-refractivity contribution in [2.45, 2.75) is 32.4 Å². The zero-order chi connectivity index (χ0) is 28.9. The Labute approximate surface area is 232 Å². The van der Waals surface area contributed by atoms with Gasteiger partial charge in [0.25, 0.3) is 5.91 Å². The minimum Gasteiger partial charge on any atom is -0.483 e. The zero-order valence-electron chi connectivity index (χ0n) is 20.0. The molecule has 2 aromatic carbocycles. The molecule has 0 saturated carbocycles. The van der Waals surface area contributed by atoms with E-state index in [0.717, 1.165) is 5.56 Å². The Morgan fingerprint density at radius 3 is 2.31 bits per heavy atom. The van der Waals surface area contributed by atoms with Crippen molar-refractivity contribution in [3.05, 3.63) is 96.6 Å². The number of carbonyl (C=O) groups excluding carboxylic acids is 1. The Morgan fingerprint density at radius 1 is 1.10 bits per heavy atom. The number of halogens is 6. The molecule has 1 amide bonds. The molecule has 208 valence electrons. The number of carboxylic acid groups (broad SMARTS) is 1. The first-order valence-electron chi connectivity index (χ1n) is 11.2. The summed E-state index contributed by atoms with van der Waals surface area (Å²) in [5.74, 6) is -3.66. The van der Waals surface area contributed by atoms with E-state index in [2.05, 4.69) is 15.9 Å². The topological polar surface area (TPSA) is 115 Å². The zero-order valence-corrected chi connectivity index (χ0v) is 22.3. The Bertz CT molecular complexity index is 1430. The van der Waals surface area contributed by atoms with E-state index in [-0.39, 0.29) is 42.1 Å². The first-order valence-corrected chi connectivity index (χ1v) is 12.4. The number of fused-ring (bicyclic) bond motifs is 1. The van der Waals surface area contributed by atoms with Crippen LogP contribution in [0.25, 0.3) is 0 Å². The van der Waals surface area contributed by atoms with E-state index < -0.39 is 23.4 Å². The van der Waals surface area contributed by atoms with Gasteiger partial charge in [-0.2, -0.15) is 13.2 Å². The minimum absolute atomic E-state index is 0.00944. The smallest absolute Gasteiger partial charge is 0.483 e. The molecule has 0 radical (unpaired) electrons. The highest BCUT2D eigenvalue weighted by Gasteiger charge is 2.38. The lowest BCUT2D eigenvalue weighted by Crippen LogP contribution is -2.43. The van der Waals surface area contributed by atoms with Gasteiger partial charge in [-0.15, -0.1) is 0 Å². The van der Waals surface area contributed by atoms with E-state index in [4.69, 9.17) is 32.0 Å². The maximum atomic E-state index is 13.5. The summed E-state index contributed by atoms with van der Waals surface area (Å²) in [6.07, 6.45) is -5.08. The molecule has 14 heteroatoms. The number of aromatic nitrogens is 1. The van der Waals surface area contributed by atoms with Gasteiger partial charge in [0, 0.05) is 26.2 Å². The number of amides is 1. The molecule has 0 bridgehead atoms. The van der Waals surface area contributed by atoms with Crippen LogP contribution in [0.3, 0.4) is 0 Å². The van der Waals surface area contributed by atoms with Crippen LogP contribution in [-0.2, 0) is 31.0 Å². The number of ether oxygens (including phenoxy) is 1. The molecular formula is C25H21BrClF4N3O5. The lowest BCUT2D eigenvalue weighted by Gasteiger charge is -2.33.